The summed E-state index contributed by atoms with van der Waals surface area (Å²) in [5.41, 5.74) is 1.04. The molecule has 0 atom stereocenters. The number of aliphatic imine (C=N–C) groups is 1. The van der Waals surface area contributed by atoms with E-state index in [-0.39, 0.29) is 0 Å². The van der Waals surface area contributed by atoms with E-state index in [4.69, 9.17) is 18.9 Å². The predicted molar refractivity (Wildman–Crippen MR) is 117 cm³/mol. The van der Waals surface area contributed by atoms with Crippen molar-refractivity contribution in [3.8, 4) is 11.6 Å². The van der Waals surface area contributed by atoms with Gasteiger partial charge in [0.2, 0.25) is 5.88 Å². The first-order valence-electron chi connectivity index (χ1n) is 10.1. The molecule has 0 unspecified atom stereocenters. The maximum Gasteiger partial charge on any atom is 0.213 e. The van der Waals surface area contributed by atoms with Gasteiger partial charge in [0.1, 0.15) is 19.0 Å². The Balaban J connectivity index is 1.58. The molecule has 0 saturated carbocycles. The maximum atomic E-state index is 5.62. The quantitative estimate of drug-likeness (QED) is 0.278. The van der Waals surface area contributed by atoms with Gasteiger partial charge in [0.15, 0.2) is 5.96 Å². The minimum atomic E-state index is 0.436. The molecule has 8 nitrogen and oxygen atoms in total. The van der Waals surface area contributed by atoms with Crippen LogP contribution in [0.2, 0.25) is 0 Å². The second-order valence-corrected chi connectivity index (χ2v) is 6.33. The second kappa shape index (κ2) is 15.1. The number of guanidine groups is 1. The van der Waals surface area contributed by atoms with E-state index < -0.39 is 0 Å². The summed E-state index contributed by atoms with van der Waals surface area (Å²) in [6, 6.07) is 13.5. The minimum absolute atomic E-state index is 0.436. The van der Waals surface area contributed by atoms with Crippen molar-refractivity contribution < 1.29 is 18.9 Å². The average Bonchev–Trinajstić information content (AvgIpc) is 2.79. The molecule has 0 radical (unpaired) electrons. The van der Waals surface area contributed by atoms with Crippen LogP contribution in [-0.4, -0.2) is 64.7 Å². The summed E-state index contributed by atoms with van der Waals surface area (Å²) in [5, 5.41) is 6.52. The zero-order chi connectivity index (χ0) is 21.3. The molecule has 0 aliphatic carbocycles. The molecular formula is C22H32N4O4. The van der Waals surface area contributed by atoms with E-state index >= 15 is 0 Å². The fourth-order valence-corrected chi connectivity index (χ4v) is 2.46. The maximum absolute atomic E-state index is 5.62. The molecule has 30 heavy (non-hydrogen) atoms. The molecule has 2 N–H and O–H groups in total. The molecule has 0 bridgehead atoms. The number of pyridine rings is 1. The summed E-state index contributed by atoms with van der Waals surface area (Å²) in [6.07, 6.45) is 2.68. The van der Waals surface area contributed by atoms with Gasteiger partial charge in [-0.2, -0.15) is 0 Å². The third-order valence-corrected chi connectivity index (χ3v) is 4.02. The zero-order valence-electron chi connectivity index (χ0n) is 17.8. The first-order chi connectivity index (χ1) is 14.8. The Hall–Kier alpha value is -2.84. The van der Waals surface area contributed by atoms with Crippen LogP contribution >= 0.6 is 0 Å². The Bertz CT molecular complexity index is 711. The van der Waals surface area contributed by atoms with Gasteiger partial charge >= 0.3 is 0 Å². The lowest BCUT2D eigenvalue weighted by atomic mass is 10.3. The van der Waals surface area contributed by atoms with Crippen LogP contribution in [0.5, 0.6) is 11.6 Å². The number of hydrogen-bond donors (Lipinski definition) is 2. The van der Waals surface area contributed by atoms with Crippen LogP contribution < -0.4 is 20.1 Å². The molecule has 1 aromatic heterocycles. The molecule has 0 spiro atoms. The van der Waals surface area contributed by atoms with E-state index in [2.05, 4.69) is 20.6 Å². The van der Waals surface area contributed by atoms with Crippen molar-refractivity contribution in [2.45, 2.75) is 13.0 Å². The third-order valence-electron chi connectivity index (χ3n) is 4.02. The molecule has 0 fully saturated rings. The number of ether oxygens (including phenoxy) is 4. The van der Waals surface area contributed by atoms with Crippen LogP contribution in [0.15, 0.2) is 53.7 Å². The highest BCUT2D eigenvalue weighted by Gasteiger charge is 2.01. The van der Waals surface area contributed by atoms with Crippen LogP contribution in [0.25, 0.3) is 0 Å². The minimum Gasteiger partial charge on any atom is -0.490 e. The number of para-hydroxylation sites is 1. The molecule has 1 heterocycles. The summed E-state index contributed by atoms with van der Waals surface area (Å²) >= 11 is 0. The van der Waals surface area contributed by atoms with Crippen molar-refractivity contribution in [1.29, 1.82) is 0 Å². The largest absolute Gasteiger partial charge is 0.490 e. The van der Waals surface area contributed by atoms with E-state index in [1.807, 2.05) is 42.5 Å². The van der Waals surface area contributed by atoms with Crippen molar-refractivity contribution in [2.24, 2.45) is 4.99 Å². The lowest BCUT2D eigenvalue weighted by molar-refractivity contribution is 0.0698. The number of nitrogens with one attached hydrogen (secondary N) is 2. The molecule has 0 aliphatic heterocycles. The fourth-order valence-electron chi connectivity index (χ4n) is 2.46. The summed E-state index contributed by atoms with van der Waals surface area (Å²) < 4.78 is 21.6. The van der Waals surface area contributed by atoms with Crippen LogP contribution in [-0.2, 0) is 16.0 Å². The second-order valence-electron chi connectivity index (χ2n) is 6.33. The molecule has 164 valence electrons. The van der Waals surface area contributed by atoms with Crippen molar-refractivity contribution in [2.75, 3.05) is 53.7 Å². The summed E-state index contributed by atoms with van der Waals surface area (Å²) in [6.45, 7) is 4.23. The predicted octanol–water partition coefficient (Wildman–Crippen LogP) is 2.26. The van der Waals surface area contributed by atoms with Crippen LogP contribution in [0.3, 0.4) is 0 Å². The summed E-state index contributed by atoms with van der Waals surface area (Å²) in [4.78, 5) is 8.55. The van der Waals surface area contributed by atoms with E-state index in [1.54, 1.807) is 20.4 Å². The van der Waals surface area contributed by atoms with Gasteiger partial charge in [-0.1, -0.05) is 24.3 Å². The van der Waals surface area contributed by atoms with E-state index in [1.165, 1.54) is 0 Å². The van der Waals surface area contributed by atoms with Gasteiger partial charge in [-0.05, 0) is 24.1 Å². The molecule has 0 aliphatic rings. The Labute approximate surface area is 178 Å². The van der Waals surface area contributed by atoms with Gasteiger partial charge in [-0.25, -0.2) is 4.98 Å². The van der Waals surface area contributed by atoms with E-state index in [0.717, 1.165) is 30.2 Å². The highest BCUT2D eigenvalue weighted by Crippen LogP contribution is 2.09. The van der Waals surface area contributed by atoms with Crippen molar-refractivity contribution in [3.63, 3.8) is 0 Å². The molecule has 2 aromatic rings. The highest BCUT2D eigenvalue weighted by atomic mass is 16.5. The normalized spacial score (nSPS) is 11.2. The van der Waals surface area contributed by atoms with Crippen molar-refractivity contribution in [1.82, 2.24) is 15.6 Å². The van der Waals surface area contributed by atoms with Crippen molar-refractivity contribution >= 4 is 5.96 Å². The van der Waals surface area contributed by atoms with Gasteiger partial charge in [0.25, 0.3) is 0 Å². The lowest BCUT2D eigenvalue weighted by Gasteiger charge is -2.12. The fraction of sp³-hybridized carbons (Fsp3) is 0.455. The highest BCUT2D eigenvalue weighted by molar-refractivity contribution is 5.79. The topological polar surface area (TPSA) is 86.2 Å². The summed E-state index contributed by atoms with van der Waals surface area (Å²) in [7, 11) is 3.41. The Morgan fingerprint density at radius 1 is 0.933 bits per heavy atom. The smallest absolute Gasteiger partial charge is 0.213 e. The van der Waals surface area contributed by atoms with E-state index in [0.29, 0.717) is 45.5 Å². The number of methoxy groups -OCH3 is 1. The molecule has 0 amide bonds. The lowest BCUT2D eigenvalue weighted by Crippen LogP contribution is -2.37. The van der Waals surface area contributed by atoms with Gasteiger partial charge in [0.05, 0.1) is 13.2 Å². The first kappa shape index (κ1) is 23.4. The Kier molecular flexibility index (Phi) is 11.8. The van der Waals surface area contributed by atoms with Crippen molar-refractivity contribution in [3.05, 3.63) is 54.2 Å². The molecule has 1 aromatic carbocycles. The first-order valence-corrected chi connectivity index (χ1v) is 10.1. The van der Waals surface area contributed by atoms with Crippen LogP contribution in [0.1, 0.15) is 12.0 Å². The molecule has 2 rings (SSSR count). The monoisotopic (exact) mass is 416 g/mol. The molecule has 8 heteroatoms. The Morgan fingerprint density at radius 2 is 1.77 bits per heavy atom. The number of nitrogens with zero attached hydrogens (tertiary/aromatic N) is 2. The number of rotatable bonds is 14. The van der Waals surface area contributed by atoms with Gasteiger partial charge in [0, 0.05) is 46.1 Å². The van der Waals surface area contributed by atoms with Gasteiger partial charge < -0.3 is 29.6 Å². The Morgan fingerprint density at radius 3 is 2.50 bits per heavy atom. The average molecular weight is 417 g/mol. The van der Waals surface area contributed by atoms with Crippen LogP contribution in [0, 0.1) is 0 Å². The van der Waals surface area contributed by atoms with E-state index in [9.17, 15) is 0 Å². The van der Waals surface area contributed by atoms with Crippen LogP contribution in [0.4, 0.5) is 0 Å². The molecule has 0 saturated heterocycles. The third kappa shape index (κ3) is 10.1. The number of hydrogen-bond acceptors (Lipinski definition) is 6. The zero-order valence-corrected chi connectivity index (χ0v) is 17.8. The standard InChI is InChI=1S/C22H32N4O4/c1-23-22(24-11-6-12-28-14-13-27-2)26-18-19-9-10-21(25-17-19)30-16-15-29-20-7-4-3-5-8-20/h3-5,7-10,17H,6,11-16,18H2,1-2H3,(H2,23,24,26). The SMILES string of the molecule is CN=C(NCCCOCCOC)NCc1ccc(OCCOc2ccccc2)nc1. The van der Waals surface area contributed by atoms with Gasteiger partial charge in [-0.15, -0.1) is 0 Å². The number of aromatic nitrogens is 1. The number of benzene rings is 1. The summed E-state index contributed by atoms with van der Waals surface area (Å²) in [5.74, 6) is 2.15. The molecular weight excluding hydrogens is 384 g/mol. The van der Waals surface area contributed by atoms with Gasteiger partial charge in [-0.3, -0.25) is 4.99 Å².